The Balaban J connectivity index is 0.893. The van der Waals surface area contributed by atoms with Crippen LogP contribution in [0.1, 0.15) is 0 Å². The van der Waals surface area contributed by atoms with Gasteiger partial charge in [-0.15, -0.1) is 0 Å². The molecule has 0 aromatic heterocycles. The van der Waals surface area contributed by atoms with Crippen molar-refractivity contribution >= 4 is 43.1 Å². The van der Waals surface area contributed by atoms with Gasteiger partial charge in [0, 0.05) is 23.3 Å². The summed E-state index contributed by atoms with van der Waals surface area (Å²) in [4.78, 5) is 0. The number of aromatic hydroxyl groups is 4. The molecular formula is C52H34O8. The predicted octanol–water partition coefficient (Wildman–Crippen LogP) is 14.0. The van der Waals surface area contributed by atoms with E-state index in [0.717, 1.165) is 43.1 Å². The number of ether oxygens (including phenoxy) is 4. The van der Waals surface area contributed by atoms with Crippen LogP contribution in [0.3, 0.4) is 0 Å². The Kier molecular flexibility index (Phi) is 8.92. The Labute approximate surface area is 343 Å². The molecular weight excluding hydrogens is 753 g/mol. The molecule has 4 N–H and O–H groups in total. The van der Waals surface area contributed by atoms with Crippen LogP contribution in [0.15, 0.2) is 182 Å². The van der Waals surface area contributed by atoms with Gasteiger partial charge < -0.3 is 39.4 Å². The number of phenols is 4. The van der Waals surface area contributed by atoms with Gasteiger partial charge in [0.15, 0.2) is 0 Å². The average Bonchev–Trinajstić information content (AvgIpc) is 3.24. The fraction of sp³-hybridized carbons (Fsp3) is 0. The zero-order valence-corrected chi connectivity index (χ0v) is 31.7. The highest BCUT2D eigenvalue weighted by Gasteiger charge is 2.18. The Morgan fingerprint density at radius 3 is 0.950 bits per heavy atom. The zero-order chi connectivity index (χ0) is 40.7. The van der Waals surface area contributed by atoms with Crippen LogP contribution >= 0.6 is 0 Å². The first-order valence-electron chi connectivity index (χ1n) is 19.2. The van der Waals surface area contributed by atoms with E-state index in [2.05, 4.69) is 0 Å². The van der Waals surface area contributed by atoms with Crippen molar-refractivity contribution < 1.29 is 39.4 Å². The maximum absolute atomic E-state index is 11.3. The van der Waals surface area contributed by atoms with Crippen LogP contribution in [0.4, 0.5) is 0 Å². The topological polar surface area (TPSA) is 118 Å². The summed E-state index contributed by atoms with van der Waals surface area (Å²) in [6.45, 7) is 0. The van der Waals surface area contributed by atoms with Gasteiger partial charge in [0.05, 0.1) is 0 Å². The number of benzene rings is 10. The van der Waals surface area contributed by atoms with Gasteiger partial charge >= 0.3 is 0 Å². The lowest BCUT2D eigenvalue weighted by Crippen LogP contribution is -1.90. The zero-order valence-electron chi connectivity index (χ0n) is 31.7. The summed E-state index contributed by atoms with van der Waals surface area (Å²) in [5, 5.41) is 49.0. The summed E-state index contributed by atoms with van der Waals surface area (Å²) in [6.07, 6.45) is 0. The van der Waals surface area contributed by atoms with Gasteiger partial charge in [0.1, 0.15) is 69.0 Å². The molecule has 290 valence electrons. The van der Waals surface area contributed by atoms with E-state index in [-0.39, 0.29) is 23.0 Å². The predicted molar refractivity (Wildman–Crippen MR) is 235 cm³/mol. The molecule has 0 atom stereocenters. The fourth-order valence-electron chi connectivity index (χ4n) is 7.54. The smallest absolute Gasteiger partial charge is 0.131 e. The van der Waals surface area contributed by atoms with E-state index in [4.69, 9.17) is 18.9 Å². The minimum atomic E-state index is 0.0241. The van der Waals surface area contributed by atoms with Crippen LogP contribution < -0.4 is 18.9 Å². The molecule has 10 aromatic carbocycles. The molecule has 0 bridgehead atoms. The molecule has 0 spiro atoms. The van der Waals surface area contributed by atoms with Gasteiger partial charge in [-0.25, -0.2) is 0 Å². The average molecular weight is 787 g/mol. The standard InChI is InChI=1S/C52H34O8/c53-37-13-7-33-25-43(15-9-31(33)23-37)57-39-3-1-5-41(29-39)59-45-17-19-47-35(27-45)11-21-49(55)51(47)52-48-20-18-46(28-36(48)12-22-50(52)56)60-42-6-2-4-40(30-42)58-44-16-10-32-24-38(54)14-8-34(32)26-44/h1-30,53-56H. The SMILES string of the molecule is Oc1ccc2cc(Oc3cccc(Oc4ccc5c(-c6c(O)ccc7cc(Oc8cccc(Oc9ccc%10cc(O)ccc%10c9)c8)ccc67)c(O)ccc5c4)c3)ccc2c1. The Morgan fingerprint density at radius 1 is 0.250 bits per heavy atom. The highest BCUT2D eigenvalue weighted by Crippen LogP contribution is 2.46. The minimum Gasteiger partial charge on any atom is -0.508 e. The summed E-state index contributed by atoms with van der Waals surface area (Å²) in [7, 11) is 0. The Hall–Kier alpha value is -8.36. The van der Waals surface area contributed by atoms with Crippen LogP contribution in [-0.4, -0.2) is 20.4 Å². The van der Waals surface area contributed by atoms with Crippen molar-refractivity contribution in [3.8, 4) is 80.1 Å². The van der Waals surface area contributed by atoms with Crippen LogP contribution in [0, 0.1) is 0 Å². The molecule has 60 heavy (non-hydrogen) atoms. The normalized spacial score (nSPS) is 11.3. The lowest BCUT2D eigenvalue weighted by Gasteiger charge is -2.16. The molecule has 0 fully saturated rings. The number of hydrogen-bond donors (Lipinski definition) is 4. The van der Waals surface area contributed by atoms with Crippen LogP contribution in [0.25, 0.3) is 54.2 Å². The van der Waals surface area contributed by atoms with Gasteiger partial charge in [-0.1, -0.05) is 48.5 Å². The van der Waals surface area contributed by atoms with E-state index in [1.165, 1.54) is 0 Å². The van der Waals surface area contributed by atoms with Gasteiger partial charge in [-0.2, -0.15) is 0 Å². The van der Waals surface area contributed by atoms with Crippen LogP contribution in [0.5, 0.6) is 69.0 Å². The van der Waals surface area contributed by atoms with Crippen molar-refractivity contribution in [2.75, 3.05) is 0 Å². The van der Waals surface area contributed by atoms with E-state index in [0.29, 0.717) is 57.1 Å². The maximum atomic E-state index is 11.3. The first-order chi connectivity index (χ1) is 29.3. The van der Waals surface area contributed by atoms with Gasteiger partial charge in [-0.05, 0) is 164 Å². The lowest BCUT2D eigenvalue weighted by atomic mass is 9.92. The van der Waals surface area contributed by atoms with Crippen LogP contribution in [-0.2, 0) is 0 Å². The van der Waals surface area contributed by atoms with Gasteiger partial charge in [0.25, 0.3) is 0 Å². The quantitative estimate of drug-likeness (QED) is 0.114. The monoisotopic (exact) mass is 786 g/mol. The Bertz CT molecular complexity index is 3060. The van der Waals surface area contributed by atoms with E-state index < -0.39 is 0 Å². The summed E-state index contributed by atoms with van der Waals surface area (Å²) in [5.41, 5.74) is 0.985. The first kappa shape index (κ1) is 36.0. The number of hydrogen-bond acceptors (Lipinski definition) is 8. The van der Waals surface area contributed by atoms with E-state index in [1.54, 1.807) is 36.4 Å². The van der Waals surface area contributed by atoms with E-state index in [9.17, 15) is 20.4 Å². The molecule has 0 heterocycles. The third-order valence-electron chi connectivity index (χ3n) is 10.3. The third-order valence-corrected chi connectivity index (χ3v) is 10.3. The van der Waals surface area contributed by atoms with Crippen molar-refractivity contribution in [1.29, 1.82) is 0 Å². The molecule has 0 unspecified atom stereocenters. The molecule has 0 aliphatic heterocycles. The van der Waals surface area contributed by atoms with Gasteiger partial charge in [-0.3, -0.25) is 0 Å². The molecule has 0 aliphatic rings. The highest BCUT2D eigenvalue weighted by molar-refractivity contribution is 6.10. The van der Waals surface area contributed by atoms with Crippen molar-refractivity contribution in [3.05, 3.63) is 182 Å². The second-order valence-electron chi connectivity index (χ2n) is 14.4. The molecule has 8 heteroatoms. The second-order valence-corrected chi connectivity index (χ2v) is 14.4. The second kappa shape index (κ2) is 14.9. The molecule has 10 aromatic rings. The van der Waals surface area contributed by atoms with Crippen molar-refractivity contribution in [1.82, 2.24) is 0 Å². The molecule has 10 rings (SSSR count). The first-order valence-corrected chi connectivity index (χ1v) is 19.2. The lowest BCUT2D eigenvalue weighted by molar-refractivity contribution is 0.460. The van der Waals surface area contributed by atoms with Gasteiger partial charge in [0.2, 0.25) is 0 Å². The number of rotatable bonds is 9. The highest BCUT2D eigenvalue weighted by atomic mass is 16.5. The van der Waals surface area contributed by atoms with Crippen molar-refractivity contribution in [2.24, 2.45) is 0 Å². The summed E-state index contributed by atoms with van der Waals surface area (Å²) in [5.74, 6) is 5.30. The fourth-order valence-corrected chi connectivity index (χ4v) is 7.54. The minimum absolute atomic E-state index is 0.0241. The molecule has 0 aliphatic carbocycles. The van der Waals surface area contributed by atoms with Crippen molar-refractivity contribution in [3.63, 3.8) is 0 Å². The molecule has 0 radical (unpaired) electrons. The number of phenolic OH excluding ortho intramolecular Hbond substituents is 4. The summed E-state index contributed by atoms with van der Waals surface area (Å²) >= 11 is 0. The van der Waals surface area contributed by atoms with Crippen LogP contribution in [0.2, 0.25) is 0 Å². The molecule has 0 saturated carbocycles. The Morgan fingerprint density at radius 2 is 0.550 bits per heavy atom. The van der Waals surface area contributed by atoms with E-state index >= 15 is 0 Å². The molecule has 8 nitrogen and oxygen atoms in total. The van der Waals surface area contributed by atoms with E-state index in [1.807, 2.05) is 146 Å². The number of fused-ring (bicyclic) bond motifs is 4. The van der Waals surface area contributed by atoms with Crippen molar-refractivity contribution in [2.45, 2.75) is 0 Å². The largest absolute Gasteiger partial charge is 0.508 e. The molecule has 0 amide bonds. The third kappa shape index (κ3) is 7.21. The maximum Gasteiger partial charge on any atom is 0.131 e. The summed E-state index contributed by atoms with van der Waals surface area (Å²) < 4.78 is 24.9. The molecule has 0 saturated heterocycles. The summed E-state index contributed by atoms with van der Waals surface area (Å²) in [6, 6.07) is 54.5.